The van der Waals surface area contributed by atoms with Crippen LogP contribution < -0.4 is 14.9 Å². The van der Waals surface area contributed by atoms with Crippen molar-refractivity contribution in [1.82, 2.24) is 0 Å². The van der Waals surface area contributed by atoms with Crippen molar-refractivity contribution in [3.63, 3.8) is 0 Å². The van der Waals surface area contributed by atoms with Crippen molar-refractivity contribution in [3.05, 3.63) is 77.2 Å². The summed E-state index contributed by atoms with van der Waals surface area (Å²) in [6.07, 6.45) is 0.261. The standard InChI is InChI=1S/C25H22O6/c1-15(2)29-25(27)16(3)30-20-10-11-21-22(13-20)28-14-23(24(21)26)31-19-9-8-17-6-4-5-7-18(17)12-19/h4-16H,1-3H3/t16-/m0/s1. The summed E-state index contributed by atoms with van der Waals surface area (Å²) in [5.74, 6) is 0.566. The first-order valence-electron chi connectivity index (χ1n) is 10.00. The summed E-state index contributed by atoms with van der Waals surface area (Å²) >= 11 is 0. The Morgan fingerprint density at radius 3 is 2.42 bits per heavy atom. The van der Waals surface area contributed by atoms with Crippen molar-refractivity contribution < 1.29 is 23.4 Å². The molecule has 0 radical (unpaired) electrons. The molecule has 0 N–H and O–H groups in total. The van der Waals surface area contributed by atoms with E-state index in [2.05, 4.69) is 0 Å². The lowest BCUT2D eigenvalue weighted by Gasteiger charge is -2.15. The average Bonchev–Trinajstić information content (AvgIpc) is 2.75. The highest BCUT2D eigenvalue weighted by molar-refractivity contribution is 5.84. The molecule has 3 aromatic carbocycles. The van der Waals surface area contributed by atoms with E-state index < -0.39 is 12.1 Å². The minimum atomic E-state index is -0.790. The second-order valence-electron chi connectivity index (χ2n) is 7.44. The summed E-state index contributed by atoms with van der Waals surface area (Å²) in [6.45, 7) is 5.14. The molecule has 0 fully saturated rings. The van der Waals surface area contributed by atoms with Crippen molar-refractivity contribution in [2.24, 2.45) is 0 Å². The predicted molar refractivity (Wildman–Crippen MR) is 118 cm³/mol. The molecule has 1 atom stereocenters. The summed E-state index contributed by atoms with van der Waals surface area (Å²) in [5, 5.41) is 2.44. The molecule has 0 unspecified atom stereocenters. The predicted octanol–water partition coefficient (Wildman–Crippen LogP) is 5.46. The molecule has 6 nitrogen and oxygen atoms in total. The van der Waals surface area contributed by atoms with Crippen molar-refractivity contribution >= 4 is 27.7 Å². The van der Waals surface area contributed by atoms with Gasteiger partial charge in [-0.1, -0.05) is 30.3 Å². The molecule has 31 heavy (non-hydrogen) atoms. The van der Waals surface area contributed by atoms with E-state index in [0.29, 0.717) is 22.5 Å². The molecule has 4 rings (SSSR count). The molecule has 6 heteroatoms. The lowest BCUT2D eigenvalue weighted by molar-refractivity contribution is -0.154. The maximum absolute atomic E-state index is 12.9. The Hall–Kier alpha value is -3.80. The molecule has 0 aliphatic rings. The number of hydrogen-bond donors (Lipinski definition) is 0. The lowest BCUT2D eigenvalue weighted by atomic mass is 10.1. The van der Waals surface area contributed by atoms with Gasteiger partial charge >= 0.3 is 5.97 Å². The van der Waals surface area contributed by atoms with Crippen LogP contribution in [0.15, 0.2) is 76.1 Å². The minimum absolute atomic E-state index is 0.0883. The number of carbonyl (C=O) groups excluding carboxylic acids is 1. The van der Waals surface area contributed by atoms with E-state index in [0.717, 1.165) is 10.8 Å². The quantitative estimate of drug-likeness (QED) is 0.387. The van der Waals surface area contributed by atoms with Crippen LogP contribution in [-0.4, -0.2) is 18.2 Å². The number of ether oxygens (including phenoxy) is 3. The van der Waals surface area contributed by atoms with Crippen molar-refractivity contribution in [3.8, 4) is 17.2 Å². The Morgan fingerprint density at radius 2 is 1.65 bits per heavy atom. The number of benzene rings is 3. The van der Waals surface area contributed by atoms with Crippen LogP contribution in [-0.2, 0) is 9.53 Å². The Morgan fingerprint density at radius 1 is 0.903 bits per heavy atom. The zero-order valence-corrected chi connectivity index (χ0v) is 17.5. The van der Waals surface area contributed by atoms with Gasteiger partial charge in [0.05, 0.1) is 11.5 Å². The van der Waals surface area contributed by atoms with Crippen molar-refractivity contribution in [1.29, 1.82) is 0 Å². The highest BCUT2D eigenvalue weighted by Crippen LogP contribution is 2.27. The number of carbonyl (C=O) groups is 1. The van der Waals surface area contributed by atoms with Gasteiger partial charge in [0.1, 0.15) is 23.3 Å². The molecule has 0 saturated carbocycles. The van der Waals surface area contributed by atoms with E-state index in [-0.39, 0.29) is 17.3 Å². The first-order valence-corrected chi connectivity index (χ1v) is 10.00. The molecule has 1 heterocycles. The number of hydrogen-bond acceptors (Lipinski definition) is 6. The zero-order chi connectivity index (χ0) is 22.0. The first kappa shape index (κ1) is 20.5. The normalized spacial score (nSPS) is 12.1. The largest absolute Gasteiger partial charge is 0.479 e. The second-order valence-corrected chi connectivity index (χ2v) is 7.44. The van der Waals surface area contributed by atoms with Crippen molar-refractivity contribution in [2.45, 2.75) is 33.0 Å². The van der Waals surface area contributed by atoms with Gasteiger partial charge in [0.2, 0.25) is 11.2 Å². The molecule has 1 aromatic heterocycles. The summed E-state index contributed by atoms with van der Waals surface area (Å²) in [4.78, 5) is 24.8. The Bertz CT molecular complexity index is 1300. The topological polar surface area (TPSA) is 75.0 Å². The summed E-state index contributed by atoms with van der Waals surface area (Å²) in [5.41, 5.74) is 0.0333. The summed E-state index contributed by atoms with van der Waals surface area (Å²) in [7, 11) is 0. The van der Waals surface area contributed by atoms with Gasteiger partial charge in [-0.2, -0.15) is 0 Å². The van der Waals surface area contributed by atoms with Crippen LogP contribution in [0.1, 0.15) is 20.8 Å². The van der Waals surface area contributed by atoms with Crippen LogP contribution in [0.5, 0.6) is 17.2 Å². The van der Waals surface area contributed by atoms with Gasteiger partial charge in [0.25, 0.3) is 0 Å². The minimum Gasteiger partial charge on any atom is -0.479 e. The van der Waals surface area contributed by atoms with Gasteiger partial charge in [-0.15, -0.1) is 0 Å². The molecular formula is C25H22O6. The highest BCUT2D eigenvalue weighted by Gasteiger charge is 2.18. The SMILES string of the molecule is CC(C)OC(=O)[C@H](C)Oc1ccc2c(=O)c(Oc3ccc4ccccc4c3)coc2c1. The van der Waals surface area contributed by atoms with Crippen LogP contribution in [0.25, 0.3) is 21.7 Å². The molecule has 0 aliphatic carbocycles. The van der Waals surface area contributed by atoms with Crippen LogP contribution in [0.4, 0.5) is 0 Å². The van der Waals surface area contributed by atoms with Crippen molar-refractivity contribution in [2.75, 3.05) is 0 Å². The van der Waals surface area contributed by atoms with Gasteiger partial charge in [-0.25, -0.2) is 4.79 Å². The van der Waals surface area contributed by atoms with Gasteiger partial charge in [-0.3, -0.25) is 4.79 Å². The Labute approximate surface area is 179 Å². The smallest absolute Gasteiger partial charge is 0.347 e. The molecule has 0 aliphatic heterocycles. The van der Waals surface area contributed by atoms with Gasteiger partial charge in [-0.05, 0) is 55.8 Å². The highest BCUT2D eigenvalue weighted by atomic mass is 16.6. The number of rotatable bonds is 6. The van der Waals surface area contributed by atoms with E-state index in [1.54, 1.807) is 45.0 Å². The maximum Gasteiger partial charge on any atom is 0.347 e. The fraction of sp³-hybridized carbons (Fsp3) is 0.200. The van der Waals surface area contributed by atoms with Crippen LogP contribution >= 0.6 is 0 Å². The molecule has 0 saturated heterocycles. The van der Waals surface area contributed by atoms with E-state index in [4.69, 9.17) is 18.6 Å². The molecule has 0 amide bonds. The first-order chi connectivity index (χ1) is 14.9. The van der Waals surface area contributed by atoms with Crippen LogP contribution in [0, 0.1) is 0 Å². The fourth-order valence-corrected chi connectivity index (χ4v) is 3.17. The third kappa shape index (κ3) is 4.53. The molecule has 4 aromatic rings. The molecule has 0 spiro atoms. The van der Waals surface area contributed by atoms with Gasteiger partial charge in [0.15, 0.2) is 6.10 Å². The molecule has 158 valence electrons. The fourth-order valence-electron chi connectivity index (χ4n) is 3.17. The third-order valence-electron chi connectivity index (χ3n) is 4.66. The maximum atomic E-state index is 12.9. The lowest BCUT2D eigenvalue weighted by Crippen LogP contribution is -2.28. The molecule has 0 bridgehead atoms. The molecular weight excluding hydrogens is 396 g/mol. The summed E-state index contributed by atoms with van der Waals surface area (Å²) < 4.78 is 22.2. The van der Waals surface area contributed by atoms with E-state index in [1.807, 2.05) is 36.4 Å². The zero-order valence-electron chi connectivity index (χ0n) is 17.5. The Balaban J connectivity index is 1.57. The second kappa shape index (κ2) is 8.52. The summed E-state index contributed by atoms with van der Waals surface area (Å²) in [6, 6.07) is 18.3. The number of esters is 1. The average molecular weight is 418 g/mol. The van der Waals surface area contributed by atoms with E-state index in [9.17, 15) is 9.59 Å². The van der Waals surface area contributed by atoms with E-state index >= 15 is 0 Å². The van der Waals surface area contributed by atoms with Gasteiger partial charge < -0.3 is 18.6 Å². The van der Waals surface area contributed by atoms with Gasteiger partial charge in [0, 0.05) is 6.07 Å². The Kier molecular flexibility index (Phi) is 5.62. The van der Waals surface area contributed by atoms with E-state index in [1.165, 1.54) is 6.26 Å². The number of fused-ring (bicyclic) bond motifs is 2. The third-order valence-corrected chi connectivity index (χ3v) is 4.66. The van der Waals surface area contributed by atoms with Crippen LogP contribution in [0.2, 0.25) is 0 Å². The van der Waals surface area contributed by atoms with Crippen LogP contribution in [0.3, 0.4) is 0 Å². The monoisotopic (exact) mass is 418 g/mol.